The topological polar surface area (TPSA) is 76.2 Å². The first-order valence-electron chi connectivity index (χ1n) is 10.5. The smallest absolute Gasteiger partial charge is 0.294 e. The molecule has 0 bridgehead atoms. The molecule has 0 radical (unpaired) electrons. The molecule has 0 aliphatic carbocycles. The lowest BCUT2D eigenvalue weighted by atomic mass is 10.00. The number of hydrogen-bond donors (Lipinski definition) is 0. The number of nitrogens with zero attached hydrogens (tertiary/aromatic N) is 2. The van der Waals surface area contributed by atoms with Crippen LogP contribution in [0.15, 0.2) is 45.8 Å². The Labute approximate surface area is 204 Å². The predicted octanol–water partition coefficient (Wildman–Crippen LogP) is 4.48. The summed E-state index contributed by atoms with van der Waals surface area (Å²) in [6.07, 6.45) is 2.39. The minimum absolute atomic E-state index is 0.237. The number of carbonyl (C=O) groups excluding carboxylic acids is 3. The molecule has 2 aliphatic rings. The molecule has 0 spiro atoms. The molecule has 0 aromatic heterocycles. The molecular formula is C24H23BrN2O5S. The zero-order valence-electron chi connectivity index (χ0n) is 18.3. The largest absolute Gasteiger partial charge is 0.492 e. The highest BCUT2D eigenvalue weighted by Gasteiger charge is 2.37. The molecule has 172 valence electrons. The van der Waals surface area contributed by atoms with E-state index in [1.165, 1.54) is 5.56 Å². The molecule has 4 rings (SSSR count). The standard InChI is InChI=1S/C24H23BrN2O5S/c1-3-32-19-11-15(10-18(25)22(19)31-2)12-20-23(29)27(24(30)33-20)14-21(28)26-9-8-16-6-4-5-7-17(16)13-26/h4-7,10-12H,3,8-9,13-14H2,1-2H3/b20-12+. The molecule has 3 amide bonds. The molecule has 1 saturated heterocycles. The molecule has 0 unspecified atom stereocenters. The maximum absolute atomic E-state index is 12.9. The van der Waals surface area contributed by atoms with E-state index in [4.69, 9.17) is 9.47 Å². The number of benzene rings is 2. The minimum Gasteiger partial charge on any atom is -0.492 e. The number of fused-ring (bicyclic) bond motifs is 1. The van der Waals surface area contributed by atoms with E-state index in [0.717, 1.165) is 28.6 Å². The quantitative estimate of drug-likeness (QED) is 0.512. The zero-order valence-corrected chi connectivity index (χ0v) is 20.7. The Hall–Kier alpha value is -2.78. The average Bonchev–Trinajstić information content (AvgIpc) is 3.06. The maximum Gasteiger partial charge on any atom is 0.294 e. The van der Waals surface area contributed by atoms with Crippen LogP contribution in [0.2, 0.25) is 0 Å². The molecule has 2 aromatic rings. The first-order chi connectivity index (χ1) is 15.9. The zero-order chi connectivity index (χ0) is 23.5. The van der Waals surface area contributed by atoms with Crippen LogP contribution in [0.1, 0.15) is 23.6 Å². The van der Waals surface area contributed by atoms with Gasteiger partial charge in [-0.05, 0) is 75.9 Å². The van der Waals surface area contributed by atoms with E-state index < -0.39 is 11.1 Å². The molecule has 33 heavy (non-hydrogen) atoms. The predicted molar refractivity (Wildman–Crippen MR) is 130 cm³/mol. The molecule has 2 aliphatic heterocycles. The summed E-state index contributed by atoms with van der Waals surface area (Å²) in [5, 5.41) is -0.449. The second-order valence-corrected chi connectivity index (χ2v) is 9.42. The monoisotopic (exact) mass is 530 g/mol. The number of rotatable bonds is 6. The first kappa shape index (κ1) is 23.4. The van der Waals surface area contributed by atoms with Gasteiger partial charge < -0.3 is 14.4 Å². The van der Waals surface area contributed by atoms with Crippen molar-refractivity contribution in [3.63, 3.8) is 0 Å². The Balaban J connectivity index is 1.49. The van der Waals surface area contributed by atoms with Crippen molar-refractivity contribution in [2.45, 2.75) is 19.9 Å². The third-order valence-electron chi connectivity index (χ3n) is 5.48. The van der Waals surface area contributed by atoms with Crippen molar-refractivity contribution < 1.29 is 23.9 Å². The van der Waals surface area contributed by atoms with Gasteiger partial charge in [0.15, 0.2) is 11.5 Å². The van der Waals surface area contributed by atoms with Gasteiger partial charge in [0.2, 0.25) is 5.91 Å². The van der Waals surface area contributed by atoms with Crippen LogP contribution in [0.25, 0.3) is 6.08 Å². The third kappa shape index (κ3) is 4.94. The summed E-state index contributed by atoms with van der Waals surface area (Å²) in [6.45, 7) is 3.11. The Bertz CT molecular complexity index is 1150. The average molecular weight is 531 g/mol. The second kappa shape index (κ2) is 10.0. The van der Waals surface area contributed by atoms with Crippen LogP contribution < -0.4 is 9.47 Å². The van der Waals surface area contributed by atoms with Crippen molar-refractivity contribution >= 4 is 50.8 Å². The number of imide groups is 1. The molecule has 9 heteroatoms. The molecule has 1 fully saturated rings. The van der Waals surface area contributed by atoms with Crippen LogP contribution in [0.5, 0.6) is 11.5 Å². The van der Waals surface area contributed by atoms with Crippen molar-refractivity contribution in [2.24, 2.45) is 0 Å². The van der Waals surface area contributed by atoms with Gasteiger partial charge in [-0.15, -0.1) is 0 Å². The van der Waals surface area contributed by atoms with Crippen molar-refractivity contribution in [3.05, 3.63) is 62.5 Å². The number of ether oxygens (including phenoxy) is 2. The highest BCUT2D eigenvalue weighted by Crippen LogP contribution is 2.39. The molecule has 0 atom stereocenters. The van der Waals surface area contributed by atoms with Crippen LogP contribution in [-0.4, -0.2) is 53.7 Å². The van der Waals surface area contributed by atoms with Gasteiger partial charge in [-0.1, -0.05) is 24.3 Å². The van der Waals surface area contributed by atoms with Gasteiger partial charge >= 0.3 is 0 Å². The summed E-state index contributed by atoms with van der Waals surface area (Å²) in [7, 11) is 1.55. The first-order valence-corrected chi connectivity index (χ1v) is 12.1. The maximum atomic E-state index is 12.9. The van der Waals surface area contributed by atoms with Crippen LogP contribution in [-0.2, 0) is 22.6 Å². The summed E-state index contributed by atoms with van der Waals surface area (Å²) in [5.74, 6) is 0.371. The number of carbonyl (C=O) groups is 3. The molecule has 7 nitrogen and oxygen atoms in total. The van der Waals surface area contributed by atoms with E-state index in [9.17, 15) is 14.4 Å². The molecule has 0 N–H and O–H groups in total. The molecular weight excluding hydrogens is 508 g/mol. The van der Waals surface area contributed by atoms with E-state index in [-0.39, 0.29) is 17.4 Å². The minimum atomic E-state index is -0.472. The van der Waals surface area contributed by atoms with Crippen molar-refractivity contribution in [1.82, 2.24) is 9.80 Å². The van der Waals surface area contributed by atoms with E-state index in [2.05, 4.69) is 22.0 Å². The van der Waals surface area contributed by atoms with E-state index in [1.54, 1.807) is 30.2 Å². The lowest BCUT2D eigenvalue weighted by molar-refractivity contribution is -0.136. The SMILES string of the molecule is CCOc1cc(/C=C2/SC(=O)N(CC(=O)N3CCc4ccccc4C3)C2=O)cc(Br)c1OC. The Morgan fingerprint density at radius 2 is 1.97 bits per heavy atom. The summed E-state index contributed by atoms with van der Waals surface area (Å²) in [5.41, 5.74) is 3.00. The van der Waals surface area contributed by atoms with Crippen molar-refractivity contribution in [1.29, 1.82) is 0 Å². The second-order valence-electron chi connectivity index (χ2n) is 7.57. The van der Waals surface area contributed by atoms with Gasteiger partial charge in [0, 0.05) is 13.1 Å². The Morgan fingerprint density at radius 1 is 1.21 bits per heavy atom. The van der Waals surface area contributed by atoms with Gasteiger partial charge in [0.1, 0.15) is 6.54 Å². The number of amides is 3. The number of halogens is 1. The molecule has 2 heterocycles. The Kier molecular flexibility index (Phi) is 7.09. The van der Waals surface area contributed by atoms with E-state index in [0.29, 0.717) is 41.2 Å². The lowest BCUT2D eigenvalue weighted by Gasteiger charge is -2.29. The highest BCUT2D eigenvalue weighted by molar-refractivity contribution is 9.10. The van der Waals surface area contributed by atoms with Crippen LogP contribution in [0.3, 0.4) is 0 Å². The summed E-state index contributed by atoms with van der Waals surface area (Å²) in [6, 6.07) is 11.5. The van der Waals surface area contributed by atoms with Gasteiger partial charge in [0.05, 0.1) is 23.1 Å². The van der Waals surface area contributed by atoms with Gasteiger partial charge in [-0.3, -0.25) is 19.3 Å². The molecule has 0 saturated carbocycles. The van der Waals surface area contributed by atoms with Crippen molar-refractivity contribution in [3.8, 4) is 11.5 Å². The van der Waals surface area contributed by atoms with Crippen LogP contribution in [0.4, 0.5) is 4.79 Å². The number of thioether (sulfide) groups is 1. The van der Waals surface area contributed by atoms with Gasteiger partial charge in [-0.25, -0.2) is 0 Å². The fourth-order valence-electron chi connectivity index (χ4n) is 3.86. The van der Waals surface area contributed by atoms with E-state index in [1.807, 2.05) is 25.1 Å². The molecule has 2 aromatic carbocycles. The van der Waals surface area contributed by atoms with Crippen molar-refractivity contribution in [2.75, 3.05) is 26.8 Å². The fraction of sp³-hybridized carbons (Fsp3) is 0.292. The van der Waals surface area contributed by atoms with Crippen LogP contribution >= 0.6 is 27.7 Å². The van der Waals surface area contributed by atoms with Crippen LogP contribution in [0, 0.1) is 0 Å². The lowest BCUT2D eigenvalue weighted by Crippen LogP contribution is -2.44. The summed E-state index contributed by atoms with van der Waals surface area (Å²) < 4.78 is 11.7. The number of methoxy groups -OCH3 is 1. The highest BCUT2D eigenvalue weighted by atomic mass is 79.9. The fourth-order valence-corrected chi connectivity index (χ4v) is 5.32. The number of hydrogen-bond acceptors (Lipinski definition) is 6. The van der Waals surface area contributed by atoms with Gasteiger partial charge in [0.25, 0.3) is 11.1 Å². The normalized spacial score (nSPS) is 16.9. The summed E-state index contributed by atoms with van der Waals surface area (Å²) in [4.78, 5) is 41.3. The van der Waals surface area contributed by atoms with E-state index >= 15 is 0 Å². The summed E-state index contributed by atoms with van der Waals surface area (Å²) >= 11 is 4.28. The third-order valence-corrected chi connectivity index (χ3v) is 6.98. The van der Waals surface area contributed by atoms with Gasteiger partial charge in [-0.2, -0.15) is 0 Å². The Morgan fingerprint density at radius 3 is 2.70 bits per heavy atom.